The highest BCUT2D eigenvalue weighted by Crippen LogP contribution is 2.32. The maximum atomic E-state index is 10.4. The van der Waals surface area contributed by atoms with Crippen molar-refractivity contribution in [2.24, 2.45) is 0 Å². The molecular formula is C32H30O13. The Bertz CT molecular complexity index is 1490. The van der Waals surface area contributed by atoms with Crippen LogP contribution in [0.5, 0.6) is 11.5 Å². The highest BCUT2D eigenvalue weighted by Gasteiger charge is 2.22. The summed E-state index contributed by atoms with van der Waals surface area (Å²) in [6.45, 7) is 4.23. The smallest absolute Gasteiger partial charge is 0.503 e. The summed E-state index contributed by atoms with van der Waals surface area (Å²) < 4.78 is 0. The molecule has 0 saturated carbocycles. The Morgan fingerprint density at radius 2 is 0.711 bits per heavy atom. The molecule has 4 aromatic carbocycles. The second kappa shape index (κ2) is 16.9. The maximum absolute atomic E-state index is 10.4. The van der Waals surface area contributed by atoms with Crippen LogP contribution < -0.4 is 0 Å². The van der Waals surface area contributed by atoms with Crippen LogP contribution in [0.4, 0.5) is 4.79 Å². The summed E-state index contributed by atoms with van der Waals surface area (Å²) in [6.07, 6.45) is -1.83. The Hall–Kier alpha value is -6.37. The average molecular weight is 623 g/mol. The largest absolute Gasteiger partial charge is 0.508 e. The van der Waals surface area contributed by atoms with Crippen molar-refractivity contribution in [1.29, 1.82) is 0 Å². The quantitative estimate of drug-likeness (QED) is 0.127. The number of aromatic hydroxyl groups is 2. The van der Waals surface area contributed by atoms with Crippen molar-refractivity contribution < 1.29 is 64.8 Å². The first kappa shape index (κ1) is 36.7. The van der Waals surface area contributed by atoms with Gasteiger partial charge in [0.25, 0.3) is 0 Å². The Morgan fingerprint density at radius 1 is 0.444 bits per heavy atom. The fraction of sp³-hybridized carbons (Fsp3) is 0.0938. The fourth-order valence-electron chi connectivity index (χ4n) is 3.46. The minimum Gasteiger partial charge on any atom is -0.508 e. The number of phenols is 2. The minimum absolute atomic E-state index is 0.0186. The van der Waals surface area contributed by atoms with E-state index in [1.165, 1.54) is 42.5 Å². The molecular weight excluding hydrogens is 592 g/mol. The summed E-state index contributed by atoms with van der Waals surface area (Å²) >= 11 is 0. The molecule has 0 bridgehead atoms. The molecule has 0 fully saturated rings. The number of carbonyl (C=O) groups is 5. The monoisotopic (exact) mass is 622 g/mol. The summed E-state index contributed by atoms with van der Waals surface area (Å²) in [7, 11) is 0. The molecule has 236 valence electrons. The third-order valence-corrected chi connectivity index (χ3v) is 5.91. The van der Waals surface area contributed by atoms with Gasteiger partial charge in [0.2, 0.25) is 0 Å². The van der Waals surface area contributed by atoms with E-state index < -0.39 is 30.0 Å². The number of phenolic OH excluding ortho intramolecular Hbond substituents is 2. The molecule has 8 N–H and O–H groups in total. The third-order valence-electron chi connectivity index (χ3n) is 5.91. The normalized spacial score (nSPS) is 9.82. The van der Waals surface area contributed by atoms with Crippen LogP contribution in [0.15, 0.2) is 97.1 Å². The molecule has 0 spiro atoms. The van der Waals surface area contributed by atoms with Gasteiger partial charge >= 0.3 is 30.0 Å². The number of aromatic carboxylic acids is 4. The van der Waals surface area contributed by atoms with Crippen LogP contribution in [0.1, 0.15) is 66.4 Å². The van der Waals surface area contributed by atoms with E-state index in [4.69, 9.17) is 35.4 Å². The summed E-state index contributed by atoms with van der Waals surface area (Å²) in [5, 5.41) is 66.5. The van der Waals surface area contributed by atoms with Crippen molar-refractivity contribution in [3.8, 4) is 11.5 Å². The standard InChI is InChI=1S/C15H16O2.2C8H6O4.CH2O3/c1-15(2,11-3-7-13(16)8-4-11)12-5-9-14(17)10-6-12;9-7(10)5-1-2-6(4-3-5)8(11)12;9-7(10)5-2-1-3-6(4-5)8(11)12;2-1(3)4/h3-10,16-17H,1-2H3;2*1-4H,(H,9,10)(H,11,12);(H2,2,3,4). The molecule has 0 aromatic heterocycles. The molecule has 13 nitrogen and oxygen atoms in total. The van der Waals surface area contributed by atoms with E-state index in [0.717, 1.165) is 17.2 Å². The lowest BCUT2D eigenvalue weighted by Gasteiger charge is -2.26. The van der Waals surface area contributed by atoms with Gasteiger partial charge in [0.05, 0.1) is 22.3 Å². The molecule has 45 heavy (non-hydrogen) atoms. The van der Waals surface area contributed by atoms with Crippen LogP contribution in [-0.4, -0.2) is 70.9 Å². The Balaban J connectivity index is 0.000000325. The number of carboxylic acid groups (broad SMARTS) is 6. The molecule has 4 rings (SSSR count). The van der Waals surface area contributed by atoms with Gasteiger partial charge in [-0.2, -0.15) is 0 Å². The summed E-state index contributed by atoms with van der Waals surface area (Å²) in [6, 6.07) is 24.7. The Kier molecular flexibility index (Phi) is 13.8. The van der Waals surface area contributed by atoms with Crippen LogP contribution in [0.2, 0.25) is 0 Å². The SMILES string of the molecule is CC(C)(c1ccc(O)cc1)c1ccc(O)cc1.O=C(O)O.O=C(O)c1ccc(C(=O)O)cc1.O=C(O)c1cccc(C(=O)O)c1. The number of hydrogen-bond donors (Lipinski definition) is 8. The van der Waals surface area contributed by atoms with Crippen LogP contribution in [-0.2, 0) is 5.41 Å². The lowest BCUT2D eigenvalue weighted by atomic mass is 9.78. The zero-order chi connectivity index (χ0) is 34.3. The van der Waals surface area contributed by atoms with Gasteiger partial charge in [-0.1, -0.05) is 44.2 Å². The van der Waals surface area contributed by atoms with Crippen molar-refractivity contribution in [1.82, 2.24) is 0 Å². The van der Waals surface area contributed by atoms with Crippen molar-refractivity contribution in [3.05, 3.63) is 130 Å². The van der Waals surface area contributed by atoms with Crippen molar-refractivity contribution in [2.75, 3.05) is 0 Å². The first-order valence-electron chi connectivity index (χ1n) is 12.6. The first-order chi connectivity index (χ1) is 20.9. The average Bonchev–Trinajstić information content (AvgIpc) is 2.98. The lowest BCUT2D eigenvalue weighted by molar-refractivity contribution is 0.0681. The molecule has 0 amide bonds. The van der Waals surface area contributed by atoms with Gasteiger partial charge in [0.15, 0.2) is 0 Å². The molecule has 0 aliphatic heterocycles. The second-order valence-electron chi connectivity index (χ2n) is 9.38. The number of rotatable bonds is 6. The first-order valence-corrected chi connectivity index (χ1v) is 12.6. The number of hydrogen-bond acceptors (Lipinski definition) is 7. The van der Waals surface area contributed by atoms with E-state index in [9.17, 15) is 29.4 Å². The second-order valence-corrected chi connectivity index (χ2v) is 9.38. The molecule has 0 heterocycles. The zero-order valence-corrected chi connectivity index (χ0v) is 23.9. The topological polar surface area (TPSA) is 247 Å². The van der Waals surface area contributed by atoms with E-state index in [2.05, 4.69) is 13.8 Å². The van der Waals surface area contributed by atoms with Crippen molar-refractivity contribution in [2.45, 2.75) is 19.3 Å². The van der Waals surface area contributed by atoms with Crippen molar-refractivity contribution in [3.63, 3.8) is 0 Å². The van der Waals surface area contributed by atoms with Crippen LogP contribution in [0.3, 0.4) is 0 Å². The van der Waals surface area contributed by atoms with E-state index >= 15 is 0 Å². The van der Waals surface area contributed by atoms with Gasteiger partial charge in [0, 0.05) is 5.41 Å². The molecule has 0 unspecified atom stereocenters. The number of benzene rings is 4. The molecule has 13 heteroatoms. The number of carboxylic acids is 4. The molecule has 4 aromatic rings. The van der Waals surface area contributed by atoms with E-state index in [1.807, 2.05) is 24.3 Å². The summed E-state index contributed by atoms with van der Waals surface area (Å²) in [4.78, 5) is 50.0. The van der Waals surface area contributed by atoms with Gasteiger partial charge in [0.1, 0.15) is 11.5 Å². The molecule has 0 atom stereocenters. The highest BCUT2D eigenvalue weighted by molar-refractivity contribution is 5.93. The lowest BCUT2D eigenvalue weighted by Crippen LogP contribution is -2.18. The van der Waals surface area contributed by atoms with Crippen molar-refractivity contribution >= 4 is 30.0 Å². The fourth-order valence-corrected chi connectivity index (χ4v) is 3.46. The van der Waals surface area contributed by atoms with Gasteiger partial charge in [-0.25, -0.2) is 24.0 Å². The minimum atomic E-state index is -1.83. The van der Waals surface area contributed by atoms with Gasteiger partial charge in [-0.3, -0.25) is 0 Å². The van der Waals surface area contributed by atoms with Crippen LogP contribution in [0.25, 0.3) is 0 Å². The predicted octanol–water partition coefficient (Wildman–Crippen LogP) is 5.81. The summed E-state index contributed by atoms with van der Waals surface area (Å²) in [5.74, 6) is -3.83. The molecule has 0 aliphatic carbocycles. The third kappa shape index (κ3) is 12.6. The van der Waals surface area contributed by atoms with E-state index in [-0.39, 0.29) is 39.2 Å². The molecule has 0 saturated heterocycles. The Morgan fingerprint density at radius 3 is 0.956 bits per heavy atom. The van der Waals surface area contributed by atoms with Gasteiger partial charge in [-0.15, -0.1) is 0 Å². The predicted molar refractivity (Wildman–Crippen MR) is 160 cm³/mol. The van der Waals surface area contributed by atoms with E-state index in [0.29, 0.717) is 0 Å². The Labute approximate surface area is 256 Å². The molecule has 0 aliphatic rings. The summed E-state index contributed by atoms with van der Waals surface area (Å²) in [5.41, 5.74) is 2.23. The van der Waals surface area contributed by atoms with Gasteiger partial charge < -0.3 is 40.9 Å². The highest BCUT2D eigenvalue weighted by atomic mass is 16.6. The van der Waals surface area contributed by atoms with E-state index in [1.54, 1.807) is 24.3 Å². The zero-order valence-electron chi connectivity index (χ0n) is 23.9. The van der Waals surface area contributed by atoms with Gasteiger partial charge in [-0.05, 0) is 77.9 Å². The van der Waals surface area contributed by atoms with Crippen LogP contribution in [0, 0.1) is 0 Å². The van der Waals surface area contributed by atoms with Crippen LogP contribution >= 0.6 is 0 Å². The maximum Gasteiger partial charge on any atom is 0.503 e. The molecule has 0 radical (unpaired) electrons.